The summed E-state index contributed by atoms with van der Waals surface area (Å²) in [4.78, 5) is 17.9. The van der Waals surface area contributed by atoms with Gasteiger partial charge in [0.2, 0.25) is 0 Å². The molecule has 0 unspecified atom stereocenters. The van der Waals surface area contributed by atoms with Crippen LogP contribution < -0.4 is 5.56 Å². The predicted molar refractivity (Wildman–Crippen MR) is 112 cm³/mol. The first-order valence-electron chi connectivity index (χ1n) is 9.81. The smallest absolute Gasteiger partial charge is 0.258 e. The van der Waals surface area contributed by atoms with E-state index >= 15 is 0 Å². The predicted octanol–water partition coefficient (Wildman–Crippen LogP) is 3.31. The summed E-state index contributed by atoms with van der Waals surface area (Å²) < 4.78 is 1.90. The Morgan fingerprint density at radius 1 is 0.815 bits per heavy atom. The number of nitrogens with zero attached hydrogens (tertiary/aromatic N) is 3. The Balaban J connectivity index is 1.59. The van der Waals surface area contributed by atoms with Crippen LogP contribution in [0.1, 0.15) is 6.42 Å². The Labute approximate surface area is 160 Å². The van der Waals surface area contributed by atoms with Crippen LogP contribution in [0.3, 0.4) is 0 Å². The number of hydrogen-bond donors (Lipinski definition) is 0. The molecule has 1 aliphatic heterocycles. The minimum atomic E-state index is 0.114. The molecule has 4 rings (SSSR count). The Kier molecular flexibility index (Phi) is 5.37. The SMILES string of the molecule is CN1CCN(CCCn2cc(-c3ccccc3)c3ccccc3c2=O)CC1. The molecule has 0 amide bonds. The number of benzene rings is 2. The van der Waals surface area contributed by atoms with Gasteiger partial charge in [-0.2, -0.15) is 0 Å². The third-order valence-corrected chi connectivity index (χ3v) is 5.55. The summed E-state index contributed by atoms with van der Waals surface area (Å²) >= 11 is 0. The summed E-state index contributed by atoms with van der Waals surface area (Å²) in [6.07, 6.45) is 3.04. The fourth-order valence-electron chi connectivity index (χ4n) is 3.89. The van der Waals surface area contributed by atoms with E-state index in [0.717, 1.165) is 67.6 Å². The number of piperazine rings is 1. The molecule has 1 fully saturated rings. The maximum atomic E-state index is 13.0. The first-order valence-corrected chi connectivity index (χ1v) is 9.81. The van der Waals surface area contributed by atoms with Crippen molar-refractivity contribution in [2.45, 2.75) is 13.0 Å². The number of pyridine rings is 1. The zero-order valence-corrected chi connectivity index (χ0v) is 16.0. The molecule has 4 nitrogen and oxygen atoms in total. The third kappa shape index (κ3) is 3.97. The minimum Gasteiger partial charge on any atom is -0.314 e. The zero-order valence-electron chi connectivity index (χ0n) is 16.0. The molecule has 0 radical (unpaired) electrons. The number of hydrogen-bond acceptors (Lipinski definition) is 3. The van der Waals surface area contributed by atoms with Crippen LogP contribution in [0.15, 0.2) is 65.6 Å². The van der Waals surface area contributed by atoms with Crippen LogP contribution in [0.5, 0.6) is 0 Å². The second kappa shape index (κ2) is 8.07. The van der Waals surface area contributed by atoms with Gasteiger partial charge in [-0.3, -0.25) is 4.79 Å². The van der Waals surface area contributed by atoms with Crippen LogP contribution >= 0.6 is 0 Å². The Hall–Kier alpha value is -2.43. The largest absolute Gasteiger partial charge is 0.314 e. The molecular formula is C23H27N3O. The number of likely N-dealkylation sites (N-methyl/N-ethyl adjacent to an activating group) is 1. The average Bonchev–Trinajstić information content (AvgIpc) is 2.72. The van der Waals surface area contributed by atoms with Crippen LogP contribution in [-0.2, 0) is 6.54 Å². The molecule has 0 aliphatic carbocycles. The van der Waals surface area contributed by atoms with Crippen molar-refractivity contribution in [3.8, 4) is 11.1 Å². The average molecular weight is 361 g/mol. The van der Waals surface area contributed by atoms with Gasteiger partial charge >= 0.3 is 0 Å². The zero-order chi connectivity index (χ0) is 18.6. The molecule has 2 aromatic carbocycles. The van der Waals surface area contributed by atoms with Crippen molar-refractivity contribution in [1.29, 1.82) is 0 Å². The fraction of sp³-hybridized carbons (Fsp3) is 0.348. The highest BCUT2D eigenvalue weighted by molar-refractivity contribution is 5.95. The lowest BCUT2D eigenvalue weighted by Crippen LogP contribution is -2.44. The molecule has 140 valence electrons. The number of aromatic nitrogens is 1. The quantitative estimate of drug-likeness (QED) is 0.698. The van der Waals surface area contributed by atoms with Crippen molar-refractivity contribution in [1.82, 2.24) is 14.4 Å². The highest BCUT2D eigenvalue weighted by atomic mass is 16.1. The van der Waals surface area contributed by atoms with Gasteiger partial charge in [-0.15, -0.1) is 0 Å². The van der Waals surface area contributed by atoms with Crippen molar-refractivity contribution in [2.75, 3.05) is 39.8 Å². The van der Waals surface area contributed by atoms with E-state index in [0.29, 0.717) is 0 Å². The number of aryl methyl sites for hydroxylation is 1. The highest BCUT2D eigenvalue weighted by Gasteiger charge is 2.14. The standard InChI is InChI=1S/C23H27N3O/c1-24-14-16-25(17-15-24)12-7-13-26-18-22(19-8-3-2-4-9-19)20-10-5-6-11-21(20)23(26)27/h2-6,8-11,18H,7,12-17H2,1H3. The van der Waals surface area contributed by atoms with Crippen LogP contribution in [-0.4, -0.2) is 54.1 Å². The Morgan fingerprint density at radius 2 is 1.48 bits per heavy atom. The fourth-order valence-corrected chi connectivity index (χ4v) is 3.89. The van der Waals surface area contributed by atoms with Crippen molar-refractivity contribution in [3.63, 3.8) is 0 Å². The molecule has 1 aromatic heterocycles. The second-order valence-electron chi connectivity index (χ2n) is 7.45. The summed E-state index contributed by atoms with van der Waals surface area (Å²) in [5.74, 6) is 0. The van der Waals surface area contributed by atoms with Gasteiger partial charge in [-0.1, -0.05) is 48.5 Å². The second-order valence-corrected chi connectivity index (χ2v) is 7.45. The lowest BCUT2D eigenvalue weighted by Gasteiger charge is -2.32. The molecule has 3 aromatic rings. The van der Waals surface area contributed by atoms with Crippen molar-refractivity contribution < 1.29 is 0 Å². The van der Waals surface area contributed by atoms with Gasteiger partial charge in [0.05, 0.1) is 0 Å². The maximum Gasteiger partial charge on any atom is 0.258 e. The van der Waals surface area contributed by atoms with E-state index in [-0.39, 0.29) is 5.56 Å². The van der Waals surface area contributed by atoms with E-state index in [1.54, 1.807) is 0 Å². The summed E-state index contributed by atoms with van der Waals surface area (Å²) in [6.45, 7) is 6.32. The first kappa shape index (κ1) is 18.0. The summed E-state index contributed by atoms with van der Waals surface area (Å²) in [5, 5.41) is 1.84. The van der Waals surface area contributed by atoms with Crippen LogP contribution in [0.25, 0.3) is 21.9 Å². The summed E-state index contributed by atoms with van der Waals surface area (Å²) in [7, 11) is 2.18. The summed E-state index contributed by atoms with van der Waals surface area (Å²) in [5.41, 5.74) is 2.40. The van der Waals surface area contributed by atoms with Gasteiger partial charge in [0.15, 0.2) is 0 Å². The molecule has 27 heavy (non-hydrogen) atoms. The third-order valence-electron chi connectivity index (χ3n) is 5.55. The summed E-state index contributed by atoms with van der Waals surface area (Å²) in [6, 6.07) is 18.3. The van der Waals surface area contributed by atoms with Crippen LogP contribution in [0.2, 0.25) is 0 Å². The monoisotopic (exact) mass is 361 g/mol. The van der Waals surface area contributed by atoms with Gasteiger partial charge in [0.25, 0.3) is 5.56 Å². The van der Waals surface area contributed by atoms with Gasteiger partial charge in [0, 0.05) is 49.9 Å². The van der Waals surface area contributed by atoms with Crippen LogP contribution in [0, 0.1) is 0 Å². The first-order chi connectivity index (χ1) is 13.2. The lowest BCUT2D eigenvalue weighted by atomic mass is 10.0. The van der Waals surface area contributed by atoms with E-state index < -0.39 is 0 Å². The van der Waals surface area contributed by atoms with Crippen LogP contribution in [0.4, 0.5) is 0 Å². The van der Waals surface area contributed by atoms with Gasteiger partial charge < -0.3 is 14.4 Å². The molecule has 0 spiro atoms. The van der Waals surface area contributed by atoms with Crippen molar-refractivity contribution in [3.05, 3.63) is 71.1 Å². The Bertz CT molecular complexity index is 956. The molecule has 0 atom stereocenters. The molecule has 0 N–H and O–H groups in total. The molecule has 4 heteroatoms. The van der Waals surface area contributed by atoms with Gasteiger partial charge in [-0.05, 0) is 37.0 Å². The molecule has 1 aliphatic rings. The molecular weight excluding hydrogens is 334 g/mol. The normalized spacial score (nSPS) is 16.0. The molecule has 0 bridgehead atoms. The highest BCUT2D eigenvalue weighted by Crippen LogP contribution is 2.26. The maximum absolute atomic E-state index is 13.0. The minimum absolute atomic E-state index is 0.114. The topological polar surface area (TPSA) is 28.5 Å². The lowest BCUT2D eigenvalue weighted by molar-refractivity contribution is 0.151. The van der Waals surface area contributed by atoms with E-state index in [2.05, 4.69) is 29.0 Å². The number of fused-ring (bicyclic) bond motifs is 1. The molecule has 2 heterocycles. The number of rotatable bonds is 5. The van der Waals surface area contributed by atoms with Gasteiger partial charge in [-0.25, -0.2) is 0 Å². The Morgan fingerprint density at radius 3 is 2.22 bits per heavy atom. The molecule has 1 saturated heterocycles. The molecule has 0 saturated carbocycles. The van der Waals surface area contributed by atoms with E-state index in [9.17, 15) is 4.79 Å². The van der Waals surface area contributed by atoms with Crippen molar-refractivity contribution >= 4 is 10.8 Å². The van der Waals surface area contributed by atoms with Crippen molar-refractivity contribution in [2.24, 2.45) is 0 Å². The van der Waals surface area contributed by atoms with E-state index in [4.69, 9.17) is 0 Å². The van der Waals surface area contributed by atoms with E-state index in [1.807, 2.05) is 53.2 Å². The van der Waals surface area contributed by atoms with Gasteiger partial charge in [0.1, 0.15) is 0 Å². The van der Waals surface area contributed by atoms with E-state index in [1.165, 1.54) is 0 Å².